The number of tetrazole rings is 1. The van der Waals surface area contributed by atoms with Gasteiger partial charge in [-0.1, -0.05) is 68.8 Å². The minimum Gasteiger partial charge on any atom is -0.349 e. The van der Waals surface area contributed by atoms with E-state index >= 15 is 0 Å². The van der Waals surface area contributed by atoms with Gasteiger partial charge in [0.05, 0.1) is 17.8 Å². The van der Waals surface area contributed by atoms with Crippen molar-refractivity contribution in [2.75, 3.05) is 5.75 Å². The van der Waals surface area contributed by atoms with Gasteiger partial charge in [-0.3, -0.25) is 4.79 Å². The number of carbonyl (C=O) groups is 1. The summed E-state index contributed by atoms with van der Waals surface area (Å²) in [4.78, 5) is 12.5. The van der Waals surface area contributed by atoms with Gasteiger partial charge in [0.25, 0.3) is 0 Å². The van der Waals surface area contributed by atoms with Crippen LogP contribution < -0.4 is 5.32 Å². The van der Waals surface area contributed by atoms with Gasteiger partial charge in [0, 0.05) is 0 Å². The summed E-state index contributed by atoms with van der Waals surface area (Å²) in [6.07, 6.45) is 5.61. The normalized spacial score (nSPS) is 16.1. The maximum Gasteiger partial charge on any atom is 0.230 e. The van der Waals surface area contributed by atoms with E-state index < -0.39 is 0 Å². The number of benzene rings is 1. The Hall–Kier alpha value is -1.89. The van der Waals surface area contributed by atoms with Gasteiger partial charge in [-0.25, -0.2) is 4.68 Å². The molecule has 0 bridgehead atoms. The molecule has 1 atom stereocenters. The van der Waals surface area contributed by atoms with Crippen LogP contribution in [0.25, 0.3) is 0 Å². The topological polar surface area (TPSA) is 72.7 Å². The second kappa shape index (κ2) is 9.16. The molecule has 1 aliphatic rings. The van der Waals surface area contributed by atoms with Crippen LogP contribution in [0.4, 0.5) is 0 Å². The summed E-state index contributed by atoms with van der Waals surface area (Å²) < 4.78 is 1.90. The first kappa shape index (κ1) is 18.9. The minimum absolute atomic E-state index is 0.0190. The fraction of sp³-hybridized carbons (Fsp3) is 0.579. The van der Waals surface area contributed by atoms with Gasteiger partial charge in [0.15, 0.2) is 0 Å². The SMILES string of the molecule is CC(C)C[C@H](NC(=O)CSc1nnnn1C1CCCC1)c1ccccc1. The molecule has 0 unspecified atom stereocenters. The lowest BCUT2D eigenvalue weighted by molar-refractivity contribution is -0.119. The van der Waals surface area contributed by atoms with Crippen LogP contribution in [0.5, 0.6) is 0 Å². The van der Waals surface area contributed by atoms with Crippen molar-refractivity contribution in [3.8, 4) is 0 Å². The van der Waals surface area contributed by atoms with E-state index in [2.05, 4.69) is 46.8 Å². The molecular formula is C19H27N5OS. The number of hydrogen-bond donors (Lipinski definition) is 1. The largest absolute Gasteiger partial charge is 0.349 e. The van der Waals surface area contributed by atoms with Crippen LogP contribution in [0.1, 0.15) is 63.6 Å². The van der Waals surface area contributed by atoms with Gasteiger partial charge in [-0.2, -0.15) is 0 Å². The number of aromatic nitrogens is 4. The molecule has 1 aromatic carbocycles. The number of rotatable bonds is 8. The lowest BCUT2D eigenvalue weighted by atomic mass is 9.97. The Morgan fingerprint density at radius 2 is 2.00 bits per heavy atom. The van der Waals surface area contributed by atoms with Crippen LogP contribution in [-0.4, -0.2) is 31.9 Å². The van der Waals surface area contributed by atoms with Crippen molar-refractivity contribution < 1.29 is 4.79 Å². The summed E-state index contributed by atoms with van der Waals surface area (Å²) in [5, 5.41) is 16.0. The lowest BCUT2D eigenvalue weighted by Crippen LogP contribution is -2.31. The zero-order chi connectivity index (χ0) is 18.4. The molecule has 0 aliphatic heterocycles. The van der Waals surface area contributed by atoms with Crippen LogP contribution in [0.2, 0.25) is 0 Å². The molecule has 1 aliphatic carbocycles. The molecule has 1 fully saturated rings. The molecule has 0 radical (unpaired) electrons. The predicted molar refractivity (Wildman–Crippen MR) is 103 cm³/mol. The standard InChI is InChI=1S/C19H27N5OS/c1-14(2)12-17(15-8-4-3-5-9-15)20-18(25)13-26-19-21-22-23-24(19)16-10-6-7-11-16/h3-5,8-9,14,16-17H,6-7,10-13H2,1-2H3,(H,20,25)/t17-/m0/s1. The first-order chi connectivity index (χ1) is 12.6. The molecule has 6 nitrogen and oxygen atoms in total. The van der Waals surface area contributed by atoms with Gasteiger partial charge in [-0.05, 0) is 41.2 Å². The van der Waals surface area contributed by atoms with Crippen molar-refractivity contribution in [3.63, 3.8) is 0 Å². The Balaban J connectivity index is 1.58. The van der Waals surface area contributed by atoms with Gasteiger partial charge in [-0.15, -0.1) is 5.10 Å². The van der Waals surface area contributed by atoms with Crippen molar-refractivity contribution >= 4 is 17.7 Å². The zero-order valence-electron chi connectivity index (χ0n) is 15.5. The van der Waals surface area contributed by atoms with E-state index in [9.17, 15) is 4.79 Å². The molecule has 0 spiro atoms. The Bertz CT molecular complexity index is 697. The molecule has 7 heteroatoms. The quantitative estimate of drug-likeness (QED) is 0.713. The highest BCUT2D eigenvalue weighted by Crippen LogP contribution is 2.31. The molecule has 1 amide bonds. The Kier molecular flexibility index (Phi) is 6.66. The van der Waals surface area contributed by atoms with Gasteiger partial charge >= 0.3 is 0 Å². The lowest BCUT2D eigenvalue weighted by Gasteiger charge is -2.21. The summed E-state index contributed by atoms with van der Waals surface area (Å²) in [7, 11) is 0. The highest BCUT2D eigenvalue weighted by Gasteiger charge is 2.22. The predicted octanol–water partition coefficient (Wildman–Crippen LogP) is 3.78. The molecular weight excluding hydrogens is 346 g/mol. The summed E-state index contributed by atoms with van der Waals surface area (Å²) in [6, 6.07) is 10.6. The number of amides is 1. The highest BCUT2D eigenvalue weighted by molar-refractivity contribution is 7.99. The maximum absolute atomic E-state index is 12.5. The average Bonchev–Trinajstić information content (AvgIpc) is 3.31. The molecule has 1 heterocycles. The molecule has 1 aromatic heterocycles. The van der Waals surface area contributed by atoms with Crippen LogP contribution in [-0.2, 0) is 4.79 Å². The Morgan fingerprint density at radius 1 is 1.27 bits per heavy atom. The summed E-state index contributed by atoms with van der Waals surface area (Å²) in [5.74, 6) is 0.849. The third-order valence-electron chi connectivity index (χ3n) is 4.71. The van der Waals surface area contributed by atoms with Crippen molar-refractivity contribution in [1.29, 1.82) is 0 Å². The van der Waals surface area contributed by atoms with E-state index in [1.165, 1.54) is 24.6 Å². The highest BCUT2D eigenvalue weighted by atomic mass is 32.2. The van der Waals surface area contributed by atoms with Crippen molar-refractivity contribution in [2.45, 2.75) is 63.2 Å². The zero-order valence-corrected chi connectivity index (χ0v) is 16.3. The van der Waals surface area contributed by atoms with E-state index in [4.69, 9.17) is 0 Å². The molecule has 3 rings (SSSR count). The van der Waals surface area contributed by atoms with E-state index in [1.54, 1.807) is 0 Å². The second-order valence-electron chi connectivity index (χ2n) is 7.29. The van der Waals surface area contributed by atoms with Crippen molar-refractivity contribution in [3.05, 3.63) is 35.9 Å². The Morgan fingerprint density at radius 3 is 2.69 bits per heavy atom. The van der Waals surface area contributed by atoms with Gasteiger partial charge < -0.3 is 5.32 Å². The van der Waals surface area contributed by atoms with Crippen LogP contribution in [0.15, 0.2) is 35.5 Å². The first-order valence-corrected chi connectivity index (χ1v) is 10.4. The number of thioether (sulfide) groups is 1. The summed E-state index contributed by atoms with van der Waals surface area (Å²) >= 11 is 1.42. The van der Waals surface area contributed by atoms with Crippen LogP contribution in [0, 0.1) is 5.92 Å². The van der Waals surface area contributed by atoms with E-state index in [1.807, 2.05) is 22.9 Å². The summed E-state index contributed by atoms with van der Waals surface area (Å²) in [5.41, 5.74) is 1.15. The van der Waals surface area contributed by atoms with Gasteiger partial charge in [0.2, 0.25) is 11.1 Å². The van der Waals surface area contributed by atoms with E-state index in [-0.39, 0.29) is 11.9 Å². The minimum atomic E-state index is 0.0190. The number of carbonyl (C=O) groups excluding carboxylic acids is 1. The van der Waals surface area contributed by atoms with Crippen LogP contribution >= 0.6 is 11.8 Å². The third-order valence-corrected chi connectivity index (χ3v) is 5.64. The smallest absolute Gasteiger partial charge is 0.230 e. The number of nitrogens with zero attached hydrogens (tertiary/aromatic N) is 4. The monoisotopic (exact) mass is 373 g/mol. The fourth-order valence-corrected chi connectivity index (χ4v) is 4.22. The molecule has 0 saturated heterocycles. The maximum atomic E-state index is 12.5. The first-order valence-electron chi connectivity index (χ1n) is 9.38. The molecule has 1 N–H and O–H groups in total. The molecule has 2 aromatic rings. The summed E-state index contributed by atoms with van der Waals surface area (Å²) in [6.45, 7) is 4.35. The molecule has 140 valence electrons. The van der Waals surface area contributed by atoms with Crippen molar-refractivity contribution in [2.24, 2.45) is 5.92 Å². The van der Waals surface area contributed by atoms with Gasteiger partial charge in [0.1, 0.15) is 0 Å². The van der Waals surface area contributed by atoms with Crippen molar-refractivity contribution in [1.82, 2.24) is 25.5 Å². The number of nitrogens with one attached hydrogen (secondary N) is 1. The third kappa shape index (κ3) is 5.06. The fourth-order valence-electron chi connectivity index (χ4n) is 3.46. The van der Waals surface area contributed by atoms with E-state index in [0.717, 1.165) is 30.0 Å². The average molecular weight is 374 g/mol. The molecule has 1 saturated carbocycles. The molecule has 26 heavy (non-hydrogen) atoms. The van der Waals surface area contributed by atoms with Crippen LogP contribution in [0.3, 0.4) is 0 Å². The second-order valence-corrected chi connectivity index (χ2v) is 8.24. The Labute approximate surface area is 159 Å². The van der Waals surface area contributed by atoms with E-state index in [0.29, 0.717) is 17.7 Å². The number of hydrogen-bond acceptors (Lipinski definition) is 5.